The first-order chi connectivity index (χ1) is 13.3. The quantitative estimate of drug-likeness (QED) is 0.610. The molecule has 0 aliphatic rings. The number of hydrogen-bond donors (Lipinski definition) is 1. The van der Waals surface area contributed by atoms with Crippen LogP contribution >= 0.6 is 23.2 Å². The number of carbonyl (C=O) groups is 1. The van der Waals surface area contributed by atoms with Crippen molar-refractivity contribution in [2.45, 2.75) is 12.6 Å². The molecule has 1 amide bonds. The summed E-state index contributed by atoms with van der Waals surface area (Å²) in [6, 6.07) is 13.3. The van der Waals surface area contributed by atoms with E-state index in [0.717, 1.165) is 11.8 Å². The Labute approximate surface area is 168 Å². The number of benzene rings is 2. The fourth-order valence-corrected chi connectivity index (χ4v) is 3.04. The van der Waals surface area contributed by atoms with Crippen LogP contribution in [0.4, 0.5) is 13.2 Å². The summed E-state index contributed by atoms with van der Waals surface area (Å²) in [4.78, 5) is 12.4. The van der Waals surface area contributed by atoms with Gasteiger partial charge in [-0.05, 0) is 30.2 Å². The molecule has 146 valence electrons. The maximum absolute atomic E-state index is 13.7. The number of nitrogens with one attached hydrogen (secondary N) is 1. The largest absolute Gasteiger partial charge is 0.434 e. The topological polar surface area (TPSA) is 46.9 Å². The highest BCUT2D eigenvalue weighted by Crippen LogP contribution is 2.35. The molecule has 1 N–H and O–H groups in total. The molecule has 3 rings (SSSR count). The average Bonchev–Trinajstić information content (AvgIpc) is 3.10. The summed E-state index contributed by atoms with van der Waals surface area (Å²) in [6.07, 6.45) is -3.46. The smallest absolute Gasteiger partial charge is 0.352 e. The Morgan fingerprint density at radius 1 is 1.11 bits per heavy atom. The molecule has 0 spiro atoms. The molecule has 0 radical (unpaired) electrons. The van der Waals surface area contributed by atoms with Crippen molar-refractivity contribution in [3.05, 3.63) is 81.6 Å². The Morgan fingerprint density at radius 2 is 1.82 bits per heavy atom. The minimum absolute atomic E-state index is 0.0223. The maximum Gasteiger partial charge on any atom is 0.434 e. The summed E-state index contributed by atoms with van der Waals surface area (Å²) in [5.74, 6) is -0.868. The zero-order valence-corrected chi connectivity index (χ0v) is 15.8. The third-order valence-corrected chi connectivity index (χ3v) is 4.52. The molecule has 0 aliphatic carbocycles. The van der Waals surface area contributed by atoms with Crippen LogP contribution in [0.25, 0.3) is 5.69 Å². The lowest BCUT2D eigenvalue weighted by Gasteiger charge is -2.14. The fraction of sp³-hybridized carbons (Fsp3) is 0.158. The summed E-state index contributed by atoms with van der Waals surface area (Å²) in [5, 5.41) is 6.45. The van der Waals surface area contributed by atoms with Crippen molar-refractivity contribution >= 4 is 29.1 Å². The predicted molar refractivity (Wildman–Crippen MR) is 101 cm³/mol. The van der Waals surface area contributed by atoms with Crippen LogP contribution in [0.5, 0.6) is 0 Å². The van der Waals surface area contributed by atoms with Crippen LogP contribution in [0.2, 0.25) is 10.0 Å². The monoisotopic (exact) mass is 427 g/mol. The first kappa shape index (κ1) is 20.2. The number of alkyl halides is 3. The van der Waals surface area contributed by atoms with Crippen LogP contribution in [-0.2, 0) is 12.6 Å². The van der Waals surface area contributed by atoms with Gasteiger partial charge in [-0.2, -0.15) is 18.3 Å². The molecule has 2 aromatic carbocycles. The van der Waals surface area contributed by atoms with Gasteiger partial charge in [0.1, 0.15) is 0 Å². The minimum Gasteiger partial charge on any atom is -0.352 e. The third kappa shape index (κ3) is 4.48. The van der Waals surface area contributed by atoms with Crippen LogP contribution in [0.1, 0.15) is 21.6 Å². The SMILES string of the molecule is O=C(NCCc1ccccc1)c1cnn(-c2cc(Cl)ccc2Cl)c1C(F)(F)F. The van der Waals surface area contributed by atoms with Crippen LogP contribution in [0, 0.1) is 0 Å². The van der Waals surface area contributed by atoms with Crippen LogP contribution in [-0.4, -0.2) is 22.2 Å². The van der Waals surface area contributed by atoms with Gasteiger partial charge in [-0.15, -0.1) is 0 Å². The first-order valence-corrected chi connectivity index (χ1v) is 8.95. The van der Waals surface area contributed by atoms with E-state index in [4.69, 9.17) is 23.2 Å². The highest BCUT2D eigenvalue weighted by atomic mass is 35.5. The lowest BCUT2D eigenvalue weighted by atomic mass is 10.1. The number of rotatable bonds is 5. The van der Waals surface area contributed by atoms with E-state index in [1.54, 1.807) is 0 Å². The minimum atomic E-state index is -4.83. The molecule has 0 aliphatic heterocycles. The van der Waals surface area contributed by atoms with Crippen LogP contribution in [0.3, 0.4) is 0 Å². The zero-order valence-electron chi connectivity index (χ0n) is 14.3. The summed E-state index contributed by atoms with van der Waals surface area (Å²) >= 11 is 11.9. The Morgan fingerprint density at radius 3 is 2.50 bits per heavy atom. The summed E-state index contributed by atoms with van der Waals surface area (Å²) in [7, 11) is 0. The molecule has 1 aromatic heterocycles. The predicted octanol–water partition coefficient (Wildman–Crippen LogP) is 5.17. The van der Waals surface area contributed by atoms with Crippen molar-refractivity contribution in [1.29, 1.82) is 0 Å². The molecule has 0 fully saturated rings. The van der Waals surface area contributed by atoms with Gasteiger partial charge in [0.05, 0.1) is 22.5 Å². The highest BCUT2D eigenvalue weighted by Gasteiger charge is 2.40. The van der Waals surface area contributed by atoms with Gasteiger partial charge >= 0.3 is 6.18 Å². The molecule has 3 aromatic rings. The van der Waals surface area contributed by atoms with Crippen LogP contribution in [0.15, 0.2) is 54.7 Å². The van der Waals surface area contributed by atoms with Gasteiger partial charge in [0.2, 0.25) is 0 Å². The number of nitrogens with zero attached hydrogens (tertiary/aromatic N) is 2. The van der Waals surface area contributed by atoms with Gasteiger partial charge in [-0.1, -0.05) is 53.5 Å². The van der Waals surface area contributed by atoms with Gasteiger partial charge < -0.3 is 5.32 Å². The van der Waals surface area contributed by atoms with E-state index in [1.165, 1.54) is 18.2 Å². The van der Waals surface area contributed by atoms with E-state index in [9.17, 15) is 18.0 Å². The standard InChI is InChI=1S/C19H14Cl2F3N3O/c20-13-6-7-15(21)16(10-13)27-17(19(22,23)24)14(11-26-27)18(28)25-9-8-12-4-2-1-3-5-12/h1-7,10-11H,8-9H2,(H,25,28). The van der Waals surface area contributed by atoms with E-state index in [0.29, 0.717) is 11.1 Å². The summed E-state index contributed by atoms with van der Waals surface area (Å²) < 4.78 is 41.7. The average molecular weight is 428 g/mol. The maximum atomic E-state index is 13.7. The molecule has 28 heavy (non-hydrogen) atoms. The lowest BCUT2D eigenvalue weighted by Crippen LogP contribution is -2.28. The number of amides is 1. The highest BCUT2D eigenvalue weighted by molar-refractivity contribution is 6.34. The molecule has 0 saturated carbocycles. The van der Waals surface area contributed by atoms with E-state index in [-0.39, 0.29) is 22.3 Å². The van der Waals surface area contributed by atoms with Gasteiger partial charge in [0.25, 0.3) is 5.91 Å². The Balaban J connectivity index is 1.88. The van der Waals surface area contributed by atoms with E-state index in [1.807, 2.05) is 30.3 Å². The number of hydrogen-bond acceptors (Lipinski definition) is 2. The van der Waals surface area contributed by atoms with Crippen molar-refractivity contribution < 1.29 is 18.0 Å². The van der Waals surface area contributed by atoms with Crippen molar-refractivity contribution in [2.24, 2.45) is 0 Å². The van der Waals surface area contributed by atoms with Crippen molar-refractivity contribution in [3.8, 4) is 5.69 Å². The third-order valence-electron chi connectivity index (χ3n) is 3.96. The van der Waals surface area contributed by atoms with Crippen LogP contribution < -0.4 is 5.32 Å². The first-order valence-electron chi connectivity index (χ1n) is 8.20. The summed E-state index contributed by atoms with van der Waals surface area (Å²) in [6.45, 7) is 0.184. The summed E-state index contributed by atoms with van der Waals surface area (Å²) in [5.41, 5.74) is -0.907. The second-order valence-electron chi connectivity index (χ2n) is 5.90. The van der Waals surface area contributed by atoms with Crippen molar-refractivity contribution in [2.75, 3.05) is 6.54 Å². The van der Waals surface area contributed by atoms with Gasteiger partial charge in [0, 0.05) is 11.6 Å². The number of halogens is 5. The molecule has 4 nitrogen and oxygen atoms in total. The van der Waals surface area contributed by atoms with E-state index < -0.39 is 23.3 Å². The normalized spacial score (nSPS) is 11.5. The second-order valence-corrected chi connectivity index (χ2v) is 6.75. The molecule has 0 unspecified atom stereocenters. The lowest BCUT2D eigenvalue weighted by molar-refractivity contribution is -0.143. The van der Waals surface area contributed by atoms with Gasteiger partial charge in [0.15, 0.2) is 5.69 Å². The number of aromatic nitrogens is 2. The molecular weight excluding hydrogens is 414 g/mol. The van der Waals surface area contributed by atoms with Gasteiger partial charge in [-0.25, -0.2) is 4.68 Å². The van der Waals surface area contributed by atoms with E-state index in [2.05, 4.69) is 10.4 Å². The fourth-order valence-electron chi connectivity index (χ4n) is 2.68. The van der Waals surface area contributed by atoms with Crippen molar-refractivity contribution in [3.63, 3.8) is 0 Å². The molecule has 9 heteroatoms. The number of carbonyl (C=O) groups excluding carboxylic acids is 1. The molecule has 1 heterocycles. The van der Waals surface area contributed by atoms with Gasteiger partial charge in [-0.3, -0.25) is 4.79 Å². The Bertz CT molecular complexity index is 988. The molecular formula is C19H14Cl2F3N3O. The molecule has 0 saturated heterocycles. The Kier molecular flexibility index (Phi) is 5.96. The van der Waals surface area contributed by atoms with E-state index >= 15 is 0 Å². The zero-order chi connectivity index (χ0) is 20.3. The Hall–Kier alpha value is -2.51. The molecule has 0 atom stereocenters. The molecule has 0 bridgehead atoms. The second kappa shape index (κ2) is 8.24. The van der Waals surface area contributed by atoms with Crippen molar-refractivity contribution in [1.82, 2.24) is 15.1 Å².